The van der Waals surface area contributed by atoms with Crippen molar-refractivity contribution in [2.75, 3.05) is 43.7 Å². The number of hydrogen-bond acceptors (Lipinski definition) is 5. The van der Waals surface area contributed by atoms with Gasteiger partial charge in [-0.2, -0.15) is 0 Å². The number of sulfonamides is 1. The summed E-state index contributed by atoms with van der Waals surface area (Å²) in [7, 11) is -3.86. The first-order valence-electron chi connectivity index (χ1n) is 11.9. The molecule has 0 aromatic heterocycles. The third-order valence-electron chi connectivity index (χ3n) is 6.13. The van der Waals surface area contributed by atoms with Gasteiger partial charge in [-0.05, 0) is 54.4 Å². The Kier molecular flexibility index (Phi) is 8.64. The fourth-order valence-electron chi connectivity index (χ4n) is 4.05. The highest BCUT2D eigenvalue weighted by molar-refractivity contribution is 7.92. The van der Waals surface area contributed by atoms with E-state index in [9.17, 15) is 13.2 Å². The average molecular weight is 528 g/mol. The van der Waals surface area contributed by atoms with Crippen molar-refractivity contribution in [3.05, 3.63) is 94.5 Å². The summed E-state index contributed by atoms with van der Waals surface area (Å²) in [4.78, 5) is 15.0. The van der Waals surface area contributed by atoms with Crippen LogP contribution in [0.4, 0.5) is 5.69 Å². The lowest BCUT2D eigenvalue weighted by atomic mass is 10.1. The molecule has 190 valence electrons. The van der Waals surface area contributed by atoms with Gasteiger partial charge in [0, 0.05) is 36.8 Å². The molecule has 1 N–H and O–H groups in total. The van der Waals surface area contributed by atoms with Crippen molar-refractivity contribution in [2.45, 2.75) is 18.4 Å². The van der Waals surface area contributed by atoms with Gasteiger partial charge in [0.2, 0.25) is 0 Å². The minimum atomic E-state index is -3.86. The normalized spacial score (nSPS) is 14.4. The van der Waals surface area contributed by atoms with Gasteiger partial charge in [-0.1, -0.05) is 48.0 Å². The summed E-state index contributed by atoms with van der Waals surface area (Å²) in [5.41, 5.74) is 2.57. The van der Waals surface area contributed by atoms with E-state index < -0.39 is 10.0 Å². The molecule has 4 rings (SSSR count). The first kappa shape index (κ1) is 26.2. The molecule has 3 aromatic carbocycles. The zero-order chi connectivity index (χ0) is 25.5. The lowest BCUT2D eigenvalue weighted by molar-refractivity contribution is 0.0383. The fourth-order valence-corrected chi connectivity index (χ4v) is 5.75. The summed E-state index contributed by atoms with van der Waals surface area (Å²) in [5.74, 6) is -0.158. The maximum absolute atomic E-state index is 13.6. The second-order valence-electron chi connectivity index (χ2n) is 8.66. The first-order chi connectivity index (χ1) is 17.3. The molecule has 1 aliphatic rings. The number of hydrogen-bond donors (Lipinski definition) is 1. The minimum absolute atomic E-state index is 0.0946. The molecule has 0 radical (unpaired) electrons. The Bertz CT molecular complexity index is 1280. The van der Waals surface area contributed by atoms with Gasteiger partial charge in [0.15, 0.2) is 0 Å². The summed E-state index contributed by atoms with van der Waals surface area (Å²) in [6.45, 7) is 6.47. The van der Waals surface area contributed by atoms with Gasteiger partial charge in [-0.25, -0.2) is 8.42 Å². The van der Waals surface area contributed by atoms with E-state index in [2.05, 4.69) is 10.2 Å². The van der Waals surface area contributed by atoms with Gasteiger partial charge < -0.3 is 10.1 Å². The Labute approximate surface area is 217 Å². The van der Waals surface area contributed by atoms with Crippen molar-refractivity contribution >= 4 is 33.2 Å². The molecule has 1 saturated heterocycles. The van der Waals surface area contributed by atoms with E-state index in [0.717, 1.165) is 44.0 Å². The highest BCUT2D eigenvalue weighted by atomic mass is 35.5. The smallest absolute Gasteiger partial charge is 0.264 e. The van der Waals surface area contributed by atoms with Crippen molar-refractivity contribution in [3.63, 3.8) is 0 Å². The van der Waals surface area contributed by atoms with E-state index >= 15 is 0 Å². The number of nitrogens with one attached hydrogen (secondary N) is 1. The Morgan fingerprint density at radius 3 is 2.42 bits per heavy atom. The Balaban J connectivity index is 1.50. The number of aryl methyl sites for hydroxylation is 1. The molecule has 3 aromatic rings. The molecule has 7 nitrogen and oxygen atoms in total. The second kappa shape index (κ2) is 11.9. The largest absolute Gasteiger partial charge is 0.379 e. The number of carbonyl (C=O) groups is 1. The van der Waals surface area contributed by atoms with Crippen molar-refractivity contribution in [3.8, 4) is 0 Å². The van der Waals surface area contributed by atoms with Crippen molar-refractivity contribution in [1.82, 2.24) is 10.2 Å². The number of benzene rings is 3. The molecular weight excluding hydrogens is 498 g/mol. The molecule has 0 aliphatic carbocycles. The standard InChI is InChI=1S/C27H30ClN3O4S/c1-21-7-12-24(28)19-26(21)31(36(33,34)25-5-3-2-4-6-25)20-22-8-10-23(11-9-22)27(32)29-13-14-30-15-17-35-18-16-30/h2-12,19H,13-18,20H2,1H3,(H,29,32). The summed E-state index contributed by atoms with van der Waals surface area (Å²) >= 11 is 6.23. The number of morpholine rings is 1. The van der Waals surface area contributed by atoms with Crippen LogP contribution >= 0.6 is 11.6 Å². The van der Waals surface area contributed by atoms with Crippen LogP contribution in [0.2, 0.25) is 5.02 Å². The number of ether oxygens (including phenoxy) is 1. The lowest BCUT2D eigenvalue weighted by Gasteiger charge is -2.27. The minimum Gasteiger partial charge on any atom is -0.379 e. The summed E-state index contributed by atoms with van der Waals surface area (Å²) in [6, 6.07) is 20.5. The van der Waals surface area contributed by atoms with Gasteiger partial charge in [0.1, 0.15) is 0 Å². The van der Waals surface area contributed by atoms with Crippen LogP contribution in [0.25, 0.3) is 0 Å². The highest BCUT2D eigenvalue weighted by Crippen LogP contribution is 2.31. The maximum atomic E-state index is 13.6. The van der Waals surface area contributed by atoms with Crippen molar-refractivity contribution in [1.29, 1.82) is 0 Å². The molecule has 1 fully saturated rings. The summed E-state index contributed by atoms with van der Waals surface area (Å²) < 4.78 is 34.0. The molecule has 0 saturated carbocycles. The monoisotopic (exact) mass is 527 g/mol. The predicted molar refractivity (Wildman–Crippen MR) is 142 cm³/mol. The molecule has 0 unspecified atom stereocenters. The number of anilines is 1. The van der Waals surface area contributed by atoms with E-state index in [1.807, 2.05) is 6.92 Å². The zero-order valence-corrected chi connectivity index (χ0v) is 21.8. The summed E-state index contributed by atoms with van der Waals surface area (Å²) in [6.07, 6.45) is 0. The van der Waals surface area contributed by atoms with Crippen LogP contribution in [0.1, 0.15) is 21.5 Å². The molecular formula is C27H30ClN3O4S. The molecule has 9 heteroatoms. The molecule has 0 bridgehead atoms. The van der Waals surface area contributed by atoms with Crippen LogP contribution in [0.3, 0.4) is 0 Å². The Morgan fingerprint density at radius 2 is 1.72 bits per heavy atom. The molecule has 0 atom stereocenters. The molecule has 1 aliphatic heterocycles. The number of halogens is 1. The van der Waals surface area contributed by atoms with Crippen molar-refractivity contribution < 1.29 is 17.9 Å². The van der Waals surface area contributed by atoms with Gasteiger partial charge >= 0.3 is 0 Å². The Morgan fingerprint density at radius 1 is 1.03 bits per heavy atom. The SMILES string of the molecule is Cc1ccc(Cl)cc1N(Cc1ccc(C(=O)NCCN2CCOCC2)cc1)S(=O)(=O)c1ccccc1. The lowest BCUT2D eigenvalue weighted by Crippen LogP contribution is -2.41. The third kappa shape index (κ3) is 6.44. The number of nitrogens with zero attached hydrogens (tertiary/aromatic N) is 2. The van der Waals surface area contributed by atoms with E-state index in [-0.39, 0.29) is 17.3 Å². The van der Waals surface area contributed by atoms with Gasteiger partial charge in [0.25, 0.3) is 15.9 Å². The maximum Gasteiger partial charge on any atom is 0.264 e. The molecule has 36 heavy (non-hydrogen) atoms. The van der Waals surface area contributed by atoms with Crippen LogP contribution < -0.4 is 9.62 Å². The molecule has 1 heterocycles. The van der Waals surface area contributed by atoms with E-state index in [1.54, 1.807) is 72.8 Å². The van der Waals surface area contributed by atoms with Gasteiger partial charge in [-0.3, -0.25) is 14.0 Å². The van der Waals surface area contributed by atoms with Crippen LogP contribution in [-0.2, 0) is 21.3 Å². The van der Waals surface area contributed by atoms with Crippen LogP contribution in [0.5, 0.6) is 0 Å². The fraction of sp³-hybridized carbons (Fsp3) is 0.296. The van der Waals surface area contributed by atoms with E-state index in [1.165, 1.54) is 4.31 Å². The van der Waals surface area contributed by atoms with Crippen LogP contribution in [-0.4, -0.2) is 58.6 Å². The van der Waals surface area contributed by atoms with Crippen LogP contribution in [0, 0.1) is 6.92 Å². The molecule has 0 spiro atoms. The first-order valence-corrected chi connectivity index (χ1v) is 13.7. The number of carbonyl (C=O) groups excluding carboxylic acids is 1. The quantitative estimate of drug-likeness (QED) is 0.453. The third-order valence-corrected chi connectivity index (χ3v) is 8.14. The highest BCUT2D eigenvalue weighted by Gasteiger charge is 2.26. The Hall–Kier alpha value is -2.91. The van der Waals surface area contributed by atoms with Gasteiger partial charge in [-0.15, -0.1) is 0 Å². The average Bonchev–Trinajstić information content (AvgIpc) is 2.90. The topological polar surface area (TPSA) is 79.0 Å². The predicted octanol–water partition coefficient (Wildman–Crippen LogP) is 4.11. The molecule has 1 amide bonds. The van der Waals surface area contributed by atoms with Gasteiger partial charge in [0.05, 0.1) is 30.3 Å². The van der Waals surface area contributed by atoms with Crippen molar-refractivity contribution in [2.24, 2.45) is 0 Å². The zero-order valence-electron chi connectivity index (χ0n) is 20.2. The second-order valence-corrected chi connectivity index (χ2v) is 11.0. The summed E-state index contributed by atoms with van der Waals surface area (Å²) in [5, 5.41) is 3.40. The number of rotatable bonds is 9. The number of amides is 1. The van der Waals surface area contributed by atoms with E-state index in [4.69, 9.17) is 16.3 Å². The van der Waals surface area contributed by atoms with Crippen LogP contribution in [0.15, 0.2) is 77.7 Å². The van der Waals surface area contributed by atoms with E-state index in [0.29, 0.717) is 22.8 Å².